The molecule has 2 rings (SSSR count). The number of nitrogens with one attached hydrogen (secondary N) is 1. The zero-order valence-corrected chi connectivity index (χ0v) is 11.7. The van der Waals surface area contributed by atoms with E-state index in [0.717, 1.165) is 19.1 Å². The quantitative estimate of drug-likeness (QED) is 0.835. The molecule has 1 aromatic rings. The summed E-state index contributed by atoms with van der Waals surface area (Å²) >= 11 is 0. The van der Waals surface area contributed by atoms with Crippen molar-refractivity contribution < 1.29 is 0 Å². The second kappa shape index (κ2) is 6.90. The first-order valence-electron chi connectivity index (χ1n) is 7.26. The maximum absolute atomic E-state index is 4.08. The number of aromatic nitrogens is 2. The van der Waals surface area contributed by atoms with Gasteiger partial charge in [-0.2, -0.15) is 0 Å². The van der Waals surface area contributed by atoms with E-state index in [1.165, 1.54) is 32.4 Å². The van der Waals surface area contributed by atoms with Crippen LogP contribution in [-0.4, -0.2) is 46.2 Å². The smallest absolute Gasteiger partial charge is 0.0945 e. The summed E-state index contributed by atoms with van der Waals surface area (Å²) in [7, 11) is 0. The van der Waals surface area contributed by atoms with Crippen LogP contribution in [0.5, 0.6) is 0 Å². The molecule has 0 spiro atoms. The molecule has 0 saturated carbocycles. The number of nitrogens with zero attached hydrogens (tertiary/aromatic N) is 3. The minimum absolute atomic E-state index is 0.682. The van der Waals surface area contributed by atoms with Crippen molar-refractivity contribution in [1.29, 1.82) is 0 Å². The zero-order valence-electron chi connectivity index (χ0n) is 11.7. The van der Waals surface area contributed by atoms with Gasteiger partial charge >= 0.3 is 0 Å². The highest BCUT2D eigenvalue weighted by atomic mass is 15.2. The first-order valence-corrected chi connectivity index (χ1v) is 7.26. The molecule has 0 aromatic carbocycles. The summed E-state index contributed by atoms with van der Waals surface area (Å²) in [5.74, 6) is 0. The average Bonchev–Trinajstić information content (AvgIpc) is 2.92. The van der Waals surface area contributed by atoms with E-state index in [0.29, 0.717) is 6.04 Å². The molecule has 4 nitrogen and oxygen atoms in total. The maximum Gasteiger partial charge on any atom is 0.0945 e. The van der Waals surface area contributed by atoms with Crippen molar-refractivity contribution in [3.8, 4) is 0 Å². The second-order valence-electron chi connectivity index (χ2n) is 5.22. The fraction of sp³-hybridized carbons (Fsp3) is 0.786. The maximum atomic E-state index is 4.08. The van der Waals surface area contributed by atoms with Gasteiger partial charge in [-0.05, 0) is 19.3 Å². The Balaban J connectivity index is 1.77. The van der Waals surface area contributed by atoms with E-state index in [2.05, 4.69) is 33.6 Å². The lowest BCUT2D eigenvalue weighted by atomic mass is 10.0. The predicted molar refractivity (Wildman–Crippen MR) is 74.6 cm³/mol. The van der Waals surface area contributed by atoms with Crippen LogP contribution in [0.2, 0.25) is 0 Å². The predicted octanol–water partition coefficient (Wildman–Crippen LogP) is 1.74. The molecule has 2 atom stereocenters. The van der Waals surface area contributed by atoms with E-state index in [4.69, 9.17) is 0 Å². The average molecular weight is 250 g/mol. The van der Waals surface area contributed by atoms with Gasteiger partial charge < -0.3 is 9.88 Å². The van der Waals surface area contributed by atoms with Crippen LogP contribution in [0.4, 0.5) is 0 Å². The van der Waals surface area contributed by atoms with Crippen LogP contribution in [0.1, 0.15) is 33.1 Å². The number of hydrogen-bond donors (Lipinski definition) is 1. The fourth-order valence-electron chi connectivity index (χ4n) is 2.75. The Morgan fingerprint density at radius 2 is 2.17 bits per heavy atom. The highest BCUT2D eigenvalue weighted by molar-refractivity contribution is 4.85. The lowest BCUT2D eigenvalue weighted by Gasteiger charge is -2.40. The number of imidazole rings is 1. The molecule has 0 bridgehead atoms. The van der Waals surface area contributed by atoms with Crippen molar-refractivity contribution in [3.05, 3.63) is 18.7 Å². The third kappa shape index (κ3) is 3.56. The normalized spacial score (nSPS) is 25.4. The topological polar surface area (TPSA) is 33.1 Å². The van der Waals surface area contributed by atoms with Gasteiger partial charge in [0.15, 0.2) is 0 Å². The lowest BCUT2D eigenvalue weighted by Crippen LogP contribution is -2.56. The first-order chi connectivity index (χ1) is 8.83. The van der Waals surface area contributed by atoms with Crippen molar-refractivity contribution in [2.45, 2.75) is 51.7 Å². The molecule has 2 unspecified atom stereocenters. The molecular weight excluding hydrogens is 224 g/mol. The third-order valence-electron chi connectivity index (χ3n) is 4.00. The monoisotopic (exact) mass is 250 g/mol. The largest absolute Gasteiger partial charge is 0.337 e. The molecule has 102 valence electrons. The minimum Gasteiger partial charge on any atom is -0.337 e. The van der Waals surface area contributed by atoms with Gasteiger partial charge in [0.2, 0.25) is 0 Å². The van der Waals surface area contributed by atoms with Crippen LogP contribution in [0.25, 0.3) is 0 Å². The van der Waals surface area contributed by atoms with Crippen LogP contribution < -0.4 is 5.32 Å². The Bertz CT molecular complexity index is 323. The summed E-state index contributed by atoms with van der Waals surface area (Å²) in [5, 5.41) is 3.65. The molecule has 2 heterocycles. The van der Waals surface area contributed by atoms with Crippen molar-refractivity contribution >= 4 is 0 Å². The first kappa shape index (κ1) is 13.6. The number of aryl methyl sites for hydroxylation is 1. The van der Waals surface area contributed by atoms with Gasteiger partial charge in [0.1, 0.15) is 0 Å². The summed E-state index contributed by atoms with van der Waals surface area (Å²) < 4.78 is 2.17. The Morgan fingerprint density at radius 1 is 1.28 bits per heavy atom. The van der Waals surface area contributed by atoms with Gasteiger partial charge in [-0.3, -0.25) is 4.90 Å². The summed E-state index contributed by atoms with van der Waals surface area (Å²) in [6.45, 7) is 9.21. The van der Waals surface area contributed by atoms with Crippen molar-refractivity contribution in [1.82, 2.24) is 19.8 Å². The molecule has 18 heavy (non-hydrogen) atoms. The number of hydrogen-bond acceptors (Lipinski definition) is 3. The molecule has 1 aromatic heterocycles. The summed E-state index contributed by atoms with van der Waals surface area (Å²) in [6, 6.07) is 1.40. The van der Waals surface area contributed by atoms with E-state index < -0.39 is 0 Å². The molecule has 0 radical (unpaired) electrons. The highest BCUT2D eigenvalue weighted by Crippen LogP contribution is 2.12. The Hall–Kier alpha value is -0.870. The lowest BCUT2D eigenvalue weighted by molar-refractivity contribution is 0.122. The van der Waals surface area contributed by atoms with E-state index in [1.807, 2.05) is 18.7 Å². The highest BCUT2D eigenvalue weighted by Gasteiger charge is 2.24. The molecule has 1 N–H and O–H groups in total. The fourth-order valence-corrected chi connectivity index (χ4v) is 2.75. The third-order valence-corrected chi connectivity index (χ3v) is 4.00. The van der Waals surface area contributed by atoms with Crippen LogP contribution in [0.15, 0.2) is 18.7 Å². The molecule has 1 aliphatic rings. The Morgan fingerprint density at radius 3 is 2.83 bits per heavy atom. The molecule has 0 aliphatic carbocycles. The summed E-state index contributed by atoms with van der Waals surface area (Å²) in [4.78, 5) is 6.75. The van der Waals surface area contributed by atoms with Gasteiger partial charge in [0, 0.05) is 50.7 Å². The van der Waals surface area contributed by atoms with Gasteiger partial charge in [-0.15, -0.1) is 0 Å². The van der Waals surface area contributed by atoms with Gasteiger partial charge in [0.05, 0.1) is 6.33 Å². The standard InChI is InChI=1S/C14H26N4/c1-3-13-11-18(14(4-2)10-16-13)8-5-7-17-9-6-15-12-17/h6,9,12-14,16H,3-5,7-8,10-11H2,1-2H3. The number of piperazine rings is 1. The molecule has 0 amide bonds. The zero-order chi connectivity index (χ0) is 12.8. The van der Waals surface area contributed by atoms with Crippen LogP contribution in [-0.2, 0) is 6.54 Å². The van der Waals surface area contributed by atoms with Gasteiger partial charge in [-0.25, -0.2) is 4.98 Å². The van der Waals surface area contributed by atoms with Crippen LogP contribution in [0, 0.1) is 0 Å². The summed E-state index contributed by atoms with van der Waals surface area (Å²) in [6.07, 6.45) is 9.49. The molecule has 1 aliphatic heterocycles. The van der Waals surface area contributed by atoms with Gasteiger partial charge in [0.25, 0.3) is 0 Å². The van der Waals surface area contributed by atoms with E-state index in [1.54, 1.807) is 0 Å². The van der Waals surface area contributed by atoms with Crippen LogP contribution >= 0.6 is 0 Å². The molecular formula is C14H26N4. The van der Waals surface area contributed by atoms with Crippen LogP contribution in [0.3, 0.4) is 0 Å². The number of rotatable bonds is 6. The van der Waals surface area contributed by atoms with E-state index >= 15 is 0 Å². The van der Waals surface area contributed by atoms with Crippen molar-refractivity contribution in [2.75, 3.05) is 19.6 Å². The summed E-state index contributed by atoms with van der Waals surface area (Å²) in [5.41, 5.74) is 0. The molecule has 4 heteroatoms. The minimum atomic E-state index is 0.682. The Kier molecular flexibility index (Phi) is 5.20. The van der Waals surface area contributed by atoms with Crippen molar-refractivity contribution in [2.24, 2.45) is 0 Å². The van der Waals surface area contributed by atoms with Gasteiger partial charge in [-0.1, -0.05) is 13.8 Å². The molecule has 1 saturated heterocycles. The second-order valence-corrected chi connectivity index (χ2v) is 5.22. The van der Waals surface area contributed by atoms with E-state index in [-0.39, 0.29) is 0 Å². The molecule has 1 fully saturated rings. The van der Waals surface area contributed by atoms with E-state index in [9.17, 15) is 0 Å². The Labute approximate surface area is 110 Å². The SMILES string of the molecule is CCC1CN(CCCn2ccnc2)C(CC)CN1. The van der Waals surface area contributed by atoms with Crippen molar-refractivity contribution in [3.63, 3.8) is 0 Å².